The Bertz CT molecular complexity index is 439. The Labute approximate surface area is 132 Å². The second-order valence-electron chi connectivity index (χ2n) is 6.40. The summed E-state index contributed by atoms with van der Waals surface area (Å²) in [6.45, 7) is 3.20. The predicted molar refractivity (Wildman–Crippen MR) is 85.3 cm³/mol. The molecule has 0 saturated heterocycles. The fraction of sp³-hybridized carbons (Fsp3) is 0.706. The molecule has 22 heavy (non-hydrogen) atoms. The Morgan fingerprint density at radius 2 is 2.14 bits per heavy atom. The van der Waals surface area contributed by atoms with Gasteiger partial charge in [0.15, 0.2) is 0 Å². The summed E-state index contributed by atoms with van der Waals surface area (Å²) >= 11 is 0. The minimum absolute atomic E-state index is 0.0719. The van der Waals surface area contributed by atoms with Crippen LogP contribution in [0.1, 0.15) is 44.8 Å². The third kappa shape index (κ3) is 5.14. The van der Waals surface area contributed by atoms with Gasteiger partial charge in [-0.1, -0.05) is 19.3 Å². The highest BCUT2D eigenvalue weighted by Crippen LogP contribution is 2.23. The zero-order chi connectivity index (χ0) is 15.9. The maximum absolute atomic E-state index is 12.5. The molecule has 1 fully saturated rings. The Hall–Kier alpha value is -1.33. The minimum atomic E-state index is -0.412. The first-order chi connectivity index (χ1) is 10.6. The lowest BCUT2D eigenvalue weighted by Crippen LogP contribution is -2.46. The monoisotopic (exact) mass is 308 g/mol. The van der Waals surface area contributed by atoms with Crippen molar-refractivity contribution in [2.45, 2.75) is 57.7 Å². The summed E-state index contributed by atoms with van der Waals surface area (Å²) in [6, 6.07) is 4.12. The van der Waals surface area contributed by atoms with Gasteiger partial charge in [-0.05, 0) is 31.9 Å². The van der Waals surface area contributed by atoms with Gasteiger partial charge in [0.2, 0.25) is 5.91 Å². The summed E-state index contributed by atoms with van der Waals surface area (Å²) in [5, 5.41) is 9.73. The predicted octanol–water partition coefficient (Wildman–Crippen LogP) is 2.25. The second kappa shape index (κ2) is 8.34. The van der Waals surface area contributed by atoms with Crippen LogP contribution in [0.3, 0.4) is 0 Å². The molecule has 5 nitrogen and oxygen atoms in total. The van der Waals surface area contributed by atoms with Crippen molar-refractivity contribution in [2.24, 2.45) is 0 Å². The van der Waals surface area contributed by atoms with Crippen molar-refractivity contribution in [3.8, 4) is 0 Å². The highest BCUT2D eigenvalue weighted by atomic mass is 16.3. The van der Waals surface area contributed by atoms with E-state index in [1.165, 1.54) is 19.3 Å². The lowest BCUT2D eigenvalue weighted by atomic mass is 9.94. The van der Waals surface area contributed by atoms with Crippen molar-refractivity contribution in [2.75, 3.05) is 20.1 Å². The number of aliphatic hydroxyl groups excluding tert-OH is 1. The van der Waals surface area contributed by atoms with Crippen LogP contribution in [0.25, 0.3) is 0 Å². The molecule has 124 valence electrons. The molecule has 2 rings (SSSR count). The van der Waals surface area contributed by atoms with Crippen LogP contribution in [0, 0.1) is 0 Å². The van der Waals surface area contributed by atoms with E-state index in [-0.39, 0.29) is 5.91 Å². The smallest absolute Gasteiger partial charge is 0.236 e. The number of hydrogen-bond donors (Lipinski definition) is 1. The summed E-state index contributed by atoms with van der Waals surface area (Å²) in [6.07, 6.45) is 7.18. The van der Waals surface area contributed by atoms with Crippen molar-refractivity contribution in [1.29, 1.82) is 0 Å². The van der Waals surface area contributed by atoms with Gasteiger partial charge in [-0.15, -0.1) is 0 Å². The first kappa shape index (κ1) is 17.0. The van der Waals surface area contributed by atoms with E-state index >= 15 is 0 Å². The summed E-state index contributed by atoms with van der Waals surface area (Å²) < 4.78 is 5.29. The molecule has 5 heteroatoms. The van der Waals surface area contributed by atoms with Crippen LogP contribution < -0.4 is 0 Å². The van der Waals surface area contributed by atoms with Crippen LogP contribution in [0.5, 0.6) is 0 Å². The molecule has 1 aromatic rings. The molecular weight excluding hydrogens is 280 g/mol. The Balaban J connectivity index is 1.91. The highest BCUT2D eigenvalue weighted by molar-refractivity contribution is 5.78. The van der Waals surface area contributed by atoms with Crippen molar-refractivity contribution in [1.82, 2.24) is 9.80 Å². The summed E-state index contributed by atoms with van der Waals surface area (Å²) in [5.41, 5.74) is 0. The summed E-state index contributed by atoms with van der Waals surface area (Å²) in [5.74, 6) is 0.859. The maximum Gasteiger partial charge on any atom is 0.236 e. The van der Waals surface area contributed by atoms with E-state index in [0.29, 0.717) is 25.7 Å². The van der Waals surface area contributed by atoms with Gasteiger partial charge in [-0.2, -0.15) is 0 Å². The zero-order valence-electron chi connectivity index (χ0n) is 13.7. The highest BCUT2D eigenvalue weighted by Gasteiger charge is 2.25. The van der Waals surface area contributed by atoms with Gasteiger partial charge >= 0.3 is 0 Å². The van der Waals surface area contributed by atoms with E-state index in [1.807, 2.05) is 12.1 Å². The van der Waals surface area contributed by atoms with Gasteiger partial charge in [-0.3, -0.25) is 9.69 Å². The normalized spacial score (nSPS) is 17.6. The average molecular weight is 308 g/mol. The van der Waals surface area contributed by atoms with Gasteiger partial charge in [0.25, 0.3) is 0 Å². The molecule has 1 aliphatic carbocycles. The van der Waals surface area contributed by atoms with E-state index in [1.54, 1.807) is 25.1 Å². The van der Waals surface area contributed by atoms with Crippen LogP contribution in [-0.2, 0) is 11.3 Å². The van der Waals surface area contributed by atoms with E-state index in [9.17, 15) is 9.90 Å². The number of aliphatic hydroxyl groups is 1. The fourth-order valence-corrected chi connectivity index (χ4v) is 3.15. The van der Waals surface area contributed by atoms with Gasteiger partial charge in [0.1, 0.15) is 5.76 Å². The number of hydrogen-bond acceptors (Lipinski definition) is 4. The van der Waals surface area contributed by atoms with E-state index in [4.69, 9.17) is 4.42 Å². The molecule has 1 amide bonds. The lowest BCUT2D eigenvalue weighted by molar-refractivity contribution is -0.133. The van der Waals surface area contributed by atoms with Crippen molar-refractivity contribution >= 4 is 5.91 Å². The third-order valence-corrected chi connectivity index (χ3v) is 4.33. The molecule has 1 N–H and O–H groups in total. The van der Waals surface area contributed by atoms with E-state index in [2.05, 4.69) is 4.90 Å². The fourth-order valence-electron chi connectivity index (χ4n) is 3.15. The number of carbonyl (C=O) groups excluding carboxylic acids is 1. The van der Waals surface area contributed by atoms with Crippen LogP contribution in [0.2, 0.25) is 0 Å². The first-order valence-corrected chi connectivity index (χ1v) is 8.24. The van der Waals surface area contributed by atoms with Gasteiger partial charge in [-0.25, -0.2) is 0 Å². The molecule has 0 radical (unpaired) electrons. The topological polar surface area (TPSA) is 56.9 Å². The number of furan rings is 1. The lowest BCUT2D eigenvalue weighted by Gasteiger charge is -2.35. The van der Waals surface area contributed by atoms with Crippen LogP contribution in [0.4, 0.5) is 0 Å². The second-order valence-corrected chi connectivity index (χ2v) is 6.40. The number of carbonyl (C=O) groups is 1. The van der Waals surface area contributed by atoms with Gasteiger partial charge in [0.05, 0.1) is 25.5 Å². The summed E-state index contributed by atoms with van der Waals surface area (Å²) in [4.78, 5) is 16.3. The van der Waals surface area contributed by atoms with E-state index in [0.717, 1.165) is 18.6 Å². The minimum Gasteiger partial charge on any atom is -0.467 e. The SMILES string of the molecule is CC(O)CN(CC(=O)N(C)Cc1ccco1)C1CCCCC1. The molecule has 1 atom stereocenters. The molecule has 1 aliphatic rings. The first-order valence-electron chi connectivity index (χ1n) is 8.24. The standard InChI is InChI=1S/C17H28N2O3/c1-14(20)11-19(15-7-4-3-5-8-15)13-17(21)18(2)12-16-9-6-10-22-16/h6,9-10,14-15,20H,3-5,7-8,11-13H2,1-2H3. The Morgan fingerprint density at radius 3 is 2.73 bits per heavy atom. The van der Waals surface area contributed by atoms with Crippen molar-refractivity contribution in [3.05, 3.63) is 24.2 Å². The molecule has 0 aliphatic heterocycles. The van der Waals surface area contributed by atoms with Gasteiger partial charge < -0.3 is 14.4 Å². The Morgan fingerprint density at radius 1 is 1.41 bits per heavy atom. The molecule has 0 bridgehead atoms. The molecular formula is C17H28N2O3. The molecule has 1 heterocycles. The number of likely N-dealkylation sites (N-methyl/N-ethyl adjacent to an activating group) is 1. The average Bonchev–Trinajstić information content (AvgIpc) is 3.00. The molecule has 1 aromatic heterocycles. The van der Waals surface area contributed by atoms with Crippen molar-refractivity contribution < 1.29 is 14.3 Å². The number of amides is 1. The van der Waals surface area contributed by atoms with E-state index < -0.39 is 6.10 Å². The number of rotatable bonds is 7. The Kier molecular flexibility index (Phi) is 6.46. The van der Waals surface area contributed by atoms with Crippen LogP contribution >= 0.6 is 0 Å². The maximum atomic E-state index is 12.5. The molecule has 1 saturated carbocycles. The molecule has 0 aromatic carbocycles. The van der Waals surface area contributed by atoms with Crippen LogP contribution in [-0.4, -0.2) is 53.1 Å². The molecule has 1 unspecified atom stereocenters. The van der Waals surface area contributed by atoms with Crippen LogP contribution in [0.15, 0.2) is 22.8 Å². The number of nitrogens with zero attached hydrogens (tertiary/aromatic N) is 2. The zero-order valence-corrected chi connectivity index (χ0v) is 13.7. The molecule has 0 spiro atoms. The van der Waals surface area contributed by atoms with Gasteiger partial charge in [0, 0.05) is 19.6 Å². The summed E-state index contributed by atoms with van der Waals surface area (Å²) in [7, 11) is 1.80. The quantitative estimate of drug-likeness (QED) is 0.839. The van der Waals surface area contributed by atoms with Crippen molar-refractivity contribution in [3.63, 3.8) is 0 Å². The third-order valence-electron chi connectivity index (χ3n) is 4.33. The largest absolute Gasteiger partial charge is 0.467 e.